The molecule has 2 rings (SSSR count). The Morgan fingerprint density at radius 2 is 1.84 bits per heavy atom. The molecular weight excluding hydrogens is 418 g/mol. The lowest BCUT2D eigenvalue weighted by Crippen LogP contribution is -2.41. The summed E-state index contributed by atoms with van der Waals surface area (Å²) in [7, 11) is 1.38. The second kappa shape index (κ2) is 11.8. The van der Waals surface area contributed by atoms with Gasteiger partial charge in [0.2, 0.25) is 15.9 Å². The molecular formula is C22H37N3O5S. The number of piperidine rings is 1. The Bertz CT molecular complexity index is 813. The lowest BCUT2D eigenvalue weighted by Gasteiger charge is -2.32. The fourth-order valence-corrected chi connectivity index (χ4v) is 5.53. The molecule has 1 N–H and O–H groups in total. The summed E-state index contributed by atoms with van der Waals surface area (Å²) in [4.78, 5) is 14.5. The number of amides is 1. The minimum absolute atomic E-state index is 0.0182. The smallest absolute Gasteiger partial charge is 0.248 e. The van der Waals surface area contributed by atoms with Gasteiger partial charge < -0.3 is 19.7 Å². The van der Waals surface area contributed by atoms with E-state index in [1.54, 1.807) is 33.1 Å². The number of nitrogens with one attached hydrogen (secondary N) is 1. The monoisotopic (exact) mass is 455 g/mol. The van der Waals surface area contributed by atoms with Gasteiger partial charge in [-0.05, 0) is 75.9 Å². The Morgan fingerprint density at radius 3 is 2.39 bits per heavy atom. The molecule has 0 saturated carbocycles. The van der Waals surface area contributed by atoms with Crippen LogP contribution in [0.5, 0.6) is 5.75 Å². The van der Waals surface area contributed by atoms with Crippen molar-refractivity contribution in [2.24, 2.45) is 5.92 Å². The first kappa shape index (κ1) is 25.6. The number of methoxy groups -OCH3 is 1. The normalized spacial score (nSPS) is 15.5. The van der Waals surface area contributed by atoms with E-state index in [4.69, 9.17) is 9.47 Å². The van der Waals surface area contributed by atoms with Gasteiger partial charge in [-0.2, -0.15) is 4.31 Å². The highest BCUT2D eigenvalue weighted by molar-refractivity contribution is 7.89. The molecule has 1 aliphatic heterocycles. The van der Waals surface area contributed by atoms with Gasteiger partial charge in [0.1, 0.15) is 12.4 Å². The molecule has 31 heavy (non-hydrogen) atoms. The zero-order chi connectivity index (χ0) is 23.0. The topological polar surface area (TPSA) is 88.2 Å². The molecule has 1 fully saturated rings. The first-order valence-corrected chi connectivity index (χ1v) is 12.3. The van der Waals surface area contributed by atoms with Crippen LogP contribution in [0.25, 0.3) is 0 Å². The molecule has 0 spiro atoms. The number of likely N-dealkylation sites (N-methyl/N-ethyl adjacent to an activating group) is 1. The number of benzene rings is 1. The third kappa shape index (κ3) is 6.90. The van der Waals surface area contributed by atoms with Crippen molar-refractivity contribution in [3.05, 3.63) is 23.3 Å². The van der Waals surface area contributed by atoms with E-state index >= 15 is 0 Å². The van der Waals surface area contributed by atoms with E-state index in [0.717, 1.165) is 38.9 Å². The van der Waals surface area contributed by atoms with Crippen molar-refractivity contribution in [2.75, 3.05) is 60.6 Å². The van der Waals surface area contributed by atoms with Gasteiger partial charge in [0.15, 0.2) is 0 Å². The summed E-state index contributed by atoms with van der Waals surface area (Å²) < 4.78 is 38.0. The van der Waals surface area contributed by atoms with Crippen molar-refractivity contribution in [1.29, 1.82) is 0 Å². The minimum Gasteiger partial charge on any atom is -0.497 e. The molecule has 0 unspecified atom stereocenters. The van der Waals surface area contributed by atoms with E-state index in [-0.39, 0.29) is 30.6 Å². The van der Waals surface area contributed by atoms with Crippen molar-refractivity contribution in [3.8, 4) is 5.75 Å². The number of nitrogens with zero attached hydrogens (tertiary/aromatic N) is 2. The van der Waals surface area contributed by atoms with Gasteiger partial charge >= 0.3 is 0 Å². The van der Waals surface area contributed by atoms with Crippen LogP contribution in [0.3, 0.4) is 0 Å². The van der Waals surface area contributed by atoms with Crippen LogP contribution in [0.2, 0.25) is 0 Å². The van der Waals surface area contributed by atoms with Crippen LogP contribution in [0.1, 0.15) is 30.4 Å². The van der Waals surface area contributed by atoms with E-state index in [1.807, 2.05) is 11.9 Å². The maximum atomic E-state index is 13.0. The second-order valence-electron chi connectivity index (χ2n) is 8.19. The molecule has 1 heterocycles. The first-order valence-electron chi connectivity index (χ1n) is 10.8. The number of rotatable bonds is 11. The molecule has 1 aromatic rings. The number of carbonyl (C=O) groups excluding carboxylic acids is 1. The average molecular weight is 456 g/mol. The van der Waals surface area contributed by atoms with Crippen LogP contribution in [0.15, 0.2) is 17.0 Å². The summed E-state index contributed by atoms with van der Waals surface area (Å²) in [5.41, 5.74) is 1.27. The standard InChI is InChI=1S/C22H37N3O5S/c1-17-14-20(29-5)15-18(2)22(17)31(27,28)24(4)12-13-30-16-21(26)25-10-7-19(8-11-25)6-9-23-3/h14-15,19,23H,6-13,16H2,1-5H3. The summed E-state index contributed by atoms with van der Waals surface area (Å²) in [5, 5.41) is 3.17. The van der Waals surface area contributed by atoms with Gasteiger partial charge in [-0.15, -0.1) is 0 Å². The lowest BCUT2D eigenvalue weighted by molar-refractivity contribution is -0.137. The summed E-state index contributed by atoms with van der Waals surface area (Å²) in [6.45, 7) is 6.37. The van der Waals surface area contributed by atoms with Crippen LogP contribution >= 0.6 is 0 Å². The fourth-order valence-electron chi connectivity index (χ4n) is 3.97. The molecule has 1 saturated heterocycles. The molecule has 0 aromatic heterocycles. The van der Waals surface area contributed by atoms with Crippen molar-refractivity contribution in [3.63, 3.8) is 0 Å². The number of ether oxygens (including phenoxy) is 2. The summed E-state index contributed by atoms with van der Waals surface area (Å²) in [6.07, 6.45) is 3.19. The average Bonchev–Trinajstić information content (AvgIpc) is 2.74. The van der Waals surface area contributed by atoms with Crippen LogP contribution < -0.4 is 10.1 Å². The van der Waals surface area contributed by atoms with Crippen molar-refractivity contribution >= 4 is 15.9 Å². The molecule has 0 bridgehead atoms. The molecule has 1 aliphatic rings. The number of sulfonamides is 1. The van der Waals surface area contributed by atoms with Crippen LogP contribution in [-0.2, 0) is 19.6 Å². The number of likely N-dealkylation sites (tertiary alicyclic amines) is 1. The highest BCUT2D eigenvalue weighted by atomic mass is 32.2. The van der Waals surface area contributed by atoms with E-state index in [1.165, 1.54) is 11.4 Å². The third-order valence-corrected chi connectivity index (χ3v) is 8.05. The predicted octanol–water partition coefficient (Wildman–Crippen LogP) is 1.80. The number of hydrogen-bond acceptors (Lipinski definition) is 6. The molecule has 1 aromatic carbocycles. The van der Waals surface area contributed by atoms with E-state index < -0.39 is 10.0 Å². The highest BCUT2D eigenvalue weighted by Gasteiger charge is 2.26. The molecule has 1 amide bonds. The van der Waals surface area contributed by atoms with Crippen LogP contribution in [0.4, 0.5) is 0 Å². The molecule has 0 radical (unpaired) electrons. The van der Waals surface area contributed by atoms with Crippen LogP contribution in [0, 0.1) is 19.8 Å². The summed E-state index contributed by atoms with van der Waals surface area (Å²) in [6, 6.07) is 3.43. The van der Waals surface area contributed by atoms with Gasteiger partial charge in [-0.1, -0.05) is 0 Å². The number of hydrogen-bond donors (Lipinski definition) is 1. The van der Waals surface area contributed by atoms with Gasteiger partial charge in [0.05, 0.1) is 18.6 Å². The van der Waals surface area contributed by atoms with Gasteiger partial charge in [-0.25, -0.2) is 8.42 Å². The Hall–Kier alpha value is -1.68. The van der Waals surface area contributed by atoms with Crippen molar-refractivity contribution in [2.45, 2.75) is 38.0 Å². The Morgan fingerprint density at radius 1 is 1.23 bits per heavy atom. The molecule has 176 valence electrons. The first-order chi connectivity index (χ1) is 14.7. The molecule has 9 heteroatoms. The maximum absolute atomic E-state index is 13.0. The van der Waals surface area contributed by atoms with Gasteiger partial charge in [0.25, 0.3) is 0 Å². The third-order valence-electron chi connectivity index (χ3n) is 5.88. The summed E-state index contributed by atoms with van der Waals surface area (Å²) >= 11 is 0. The van der Waals surface area contributed by atoms with E-state index in [2.05, 4.69) is 5.32 Å². The van der Waals surface area contributed by atoms with Crippen molar-refractivity contribution < 1.29 is 22.7 Å². The lowest BCUT2D eigenvalue weighted by atomic mass is 9.93. The zero-order valence-corrected chi connectivity index (χ0v) is 20.3. The van der Waals surface area contributed by atoms with E-state index in [9.17, 15) is 13.2 Å². The quantitative estimate of drug-likeness (QED) is 0.512. The minimum atomic E-state index is -3.66. The molecule has 0 atom stereocenters. The number of carbonyl (C=O) groups is 1. The van der Waals surface area contributed by atoms with Gasteiger partial charge in [0, 0.05) is 26.7 Å². The molecule has 8 nitrogen and oxygen atoms in total. The Balaban J connectivity index is 1.80. The molecule has 0 aliphatic carbocycles. The summed E-state index contributed by atoms with van der Waals surface area (Å²) in [5.74, 6) is 1.27. The SMILES string of the molecule is CNCCC1CCN(C(=O)COCCN(C)S(=O)(=O)c2c(C)cc(OC)cc2C)CC1. The zero-order valence-electron chi connectivity index (χ0n) is 19.4. The largest absolute Gasteiger partial charge is 0.497 e. The van der Waals surface area contributed by atoms with E-state index in [0.29, 0.717) is 22.8 Å². The second-order valence-corrected chi connectivity index (χ2v) is 10.2. The maximum Gasteiger partial charge on any atom is 0.248 e. The highest BCUT2D eigenvalue weighted by Crippen LogP contribution is 2.27. The van der Waals surface area contributed by atoms with Gasteiger partial charge in [-0.3, -0.25) is 4.79 Å². The Labute approximate surface area is 186 Å². The van der Waals surface area contributed by atoms with Crippen LogP contribution in [-0.4, -0.2) is 84.1 Å². The van der Waals surface area contributed by atoms with Crippen molar-refractivity contribution in [1.82, 2.24) is 14.5 Å². The fraction of sp³-hybridized carbons (Fsp3) is 0.682. The predicted molar refractivity (Wildman–Crippen MR) is 121 cm³/mol. The Kier molecular flexibility index (Phi) is 9.74. The number of aryl methyl sites for hydroxylation is 2.